The minimum atomic E-state index is -1.07. The third-order valence-electron chi connectivity index (χ3n) is 5.79. The van der Waals surface area contributed by atoms with E-state index < -0.39 is 17.9 Å². The van der Waals surface area contributed by atoms with Gasteiger partial charge in [-0.1, -0.05) is 11.2 Å². The topological polar surface area (TPSA) is 117 Å². The van der Waals surface area contributed by atoms with E-state index in [0.29, 0.717) is 17.0 Å². The predicted molar refractivity (Wildman–Crippen MR) is 126 cm³/mol. The van der Waals surface area contributed by atoms with Gasteiger partial charge < -0.3 is 20.3 Å². The predicted octanol–water partition coefficient (Wildman–Crippen LogP) is 3.71. The number of nitrogens with one attached hydrogen (secondary N) is 2. The second kappa shape index (κ2) is 10.2. The highest BCUT2D eigenvalue weighted by Crippen LogP contribution is 2.23. The smallest absolute Gasteiger partial charge is 0.326 e. The Morgan fingerprint density at radius 2 is 2.03 bits per heavy atom. The van der Waals surface area contributed by atoms with E-state index >= 15 is 0 Å². The Morgan fingerprint density at radius 3 is 2.79 bits per heavy atom. The standard InChI is InChI=1S/C24H28N4O4S/c1-14-21(15(2)32-28-14)23(29)27-20(24(30)31)13-19-11-10-18(33-19)7-3-6-17-9-8-16-5-4-12-25-22(16)26-17/h8-11,20H,3-7,12-13H2,1-2H3,(H,25,26)(H,27,29)(H,30,31)/t20-/m0/s1. The van der Waals surface area contributed by atoms with Gasteiger partial charge in [0.1, 0.15) is 23.2 Å². The number of rotatable bonds is 9. The zero-order chi connectivity index (χ0) is 23.4. The molecule has 0 radical (unpaired) electrons. The number of carboxylic acids is 1. The number of amides is 1. The van der Waals surface area contributed by atoms with Gasteiger partial charge in [-0.15, -0.1) is 11.3 Å². The first-order valence-corrected chi connectivity index (χ1v) is 12.0. The Labute approximate surface area is 196 Å². The summed E-state index contributed by atoms with van der Waals surface area (Å²) >= 11 is 1.59. The summed E-state index contributed by atoms with van der Waals surface area (Å²) in [5.41, 5.74) is 3.12. The third kappa shape index (κ3) is 5.60. The van der Waals surface area contributed by atoms with Gasteiger partial charge in [0.05, 0.1) is 5.69 Å². The van der Waals surface area contributed by atoms with Crippen LogP contribution in [0.2, 0.25) is 0 Å². The number of aromatic nitrogens is 2. The summed E-state index contributed by atoms with van der Waals surface area (Å²) < 4.78 is 5.01. The van der Waals surface area contributed by atoms with Crippen LogP contribution in [0.1, 0.15) is 55.7 Å². The summed E-state index contributed by atoms with van der Waals surface area (Å²) in [6, 6.07) is 7.25. The zero-order valence-corrected chi connectivity index (χ0v) is 19.6. The van der Waals surface area contributed by atoms with Crippen LogP contribution in [-0.4, -0.2) is 39.7 Å². The van der Waals surface area contributed by atoms with Gasteiger partial charge in [-0.2, -0.15) is 0 Å². The van der Waals surface area contributed by atoms with Crippen LogP contribution in [0, 0.1) is 13.8 Å². The lowest BCUT2D eigenvalue weighted by molar-refractivity contribution is -0.139. The van der Waals surface area contributed by atoms with Crippen molar-refractivity contribution >= 4 is 29.0 Å². The molecule has 3 N–H and O–H groups in total. The third-order valence-corrected chi connectivity index (χ3v) is 6.96. The van der Waals surface area contributed by atoms with E-state index in [4.69, 9.17) is 9.51 Å². The molecule has 1 aliphatic rings. The Bertz CT molecular complexity index is 1130. The summed E-state index contributed by atoms with van der Waals surface area (Å²) in [4.78, 5) is 31.2. The van der Waals surface area contributed by atoms with E-state index in [0.717, 1.165) is 55.0 Å². The fourth-order valence-corrected chi connectivity index (χ4v) is 5.16. The fraction of sp³-hybridized carbons (Fsp3) is 0.417. The molecule has 174 valence electrons. The van der Waals surface area contributed by atoms with Crippen LogP contribution in [0.3, 0.4) is 0 Å². The average molecular weight is 469 g/mol. The number of aliphatic carboxylic acids is 1. The van der Waals surface area contributed by atoms with E-state index in [9.17, 15) is 14.7 Å². The normalized spacial score (nSPS) is 13.8. The number of carbonyl (C=O) groups excluding carboxylic acids is 1. The molecule has 1 aliphatic heterocycles. The van der Waals surface area contributed by atoms with Crippen molar-refractivity contribution in [3.8, 4) is 0 Å². The molecule has 1 amide bonds. The van der Waals surface area contributed by atoms with Crippen LogP contribution in [-0.2, 0) is 30.5 Å². The lowest BCUT2D eigenvalue weighted by Gasteiger charge is -2.17. The van der Waals surface area contributed by atoms with Gasteiger partial charge >= 0.3 is 5.97 Å². The molecule has 9 heteroatoms. The molecule has 0 saturated heterocycles. The maximum atomic E-state index is 12.5. The molecule has 8 nitrogen and oxygen atoms in total. The van der Waals surface area contributed by atoms with E-state index in [1.807, 2.05) is 12.1 Å². The second-order valence-electron chi connectivity index (χ2n) is 8.33. The molecular weight excluding hydrogens is 440 g/mol. The van der Waals surface area contributed by atoms with Crippen molar-refractivity contribution in [1.29, 1.82) is 0 Å². The lowest BCUT2D eigenvalue weighted by atomic mass is 10.1. The molecular formula is C24H28N4O4S. The summed E-state index contributed by atoms with van der Waals surface area (Å²) in [5, 5.41) is 19.4. The molecule has 4 rings (SSSR count). The molecule has 0 spiro atoms. The Hall–Kier alpha value is -3.20. The van der Waals surface area contributed by atoms with Gasteiger partial charge in [0.25, 0.3) is 5.91 Å². The Balaban J connectivity index is 1.31. The molecule has 1 atom stereocenters. The molecule has 0 aliphatic carbocycles. The van der Waals surface area contributed by atoms with E-state index in [1.165, 1.54) is 10.4 Å². The molecule has 0 aromatic carbocycles. The number of carboxylic acid groups (broad SMARTS) is 1. The van der Waals surface area contributed by atoms with Crippen LogP contribution in [0.15, 0.2) is 28.8 Å². The largest absolute Gasteiger partial charge is 0.480 e. The number of thiophene rings is 1. The second-order valence-corrected chi connectivity index (χ2v) is 9.58. The molecule has 3 aromatic rings. The SMILES string of the molecule is Cc1noc(C)c1C(=O)N[C@@H](Cc1ccc(CCCc2ccc3c(n2)NCCC3)s1)C(=O)O. The number of hydrogen-bond acceptors (Lipinski definition) is 7. The van der Waals surface area contributed by atoms with Crippen molar-refractivity contribution in [2.75, 3.05) is 11.9 Å². The highest BCUT2D eigenvalue weighted by molar-refractivity contribution is 7.12. The van der Waals surface area contributed by atoms with Gasteiger partial charge in [-0.05, 0) is 69.7 Å². The monoisotopic (exact) mass is 468 g/mol. The van der Waals surface area contributed by atoms with E-state index in [1.54, 1.807) is 25.2 Å². The van der Waals surface area contributed by atoms with Gasteiger partial charge in [0.15, 0.2) is 0 Å². The van der Waals surface area contributed by atoms with Gasteiger partial charge in [-0.3, -0.25) is 4.79 Å². The number of fused-ring (bicyclic) bond motifs is 1. The van der Waals surface area contributed by atoms with Gasteiger partial charge in [0.2, 0.25) is 0 Å². The summed E-state index contributed by atoms with van der Waals surface area (Å²) in [6.45, 7) is 4.27. The summed E-state index contributed by atoms with van der Waals surface area (Å²) in [5.74, 6) is -0.160. The number of aryl methyl sites for hydroxylation is 5. The van der Waals surface area contributed by atoms with Crippen molar-refractivity contribution in [2.24, 2.45) is 0 Å². The number of nitrogens with zero attached hydrogens (tertiary/aromatic N) is 2. The molecule has 0 unspecified atom stereocenters. The van der Waals surface area contributed by atoms with E-state index in [-0.39, 0.29) is 6.42 Å². The Kier molecular flexibility index (Phi) is 7.08. The molecule has 0 bridgehead atoms. The van der Waals surface area contributed by atoms with Crippen LogP contribution >= 0.6 is 11.3 Å². The van der Waals surface area contributed by atoms with Crippen molar-refractivity contribution < 1.29 is 19.2 Å². The fourth-order valence-electron chi connectivity index (χ4n) is 4.06. The number of hydrogen-bond donors (Lipinski definition) is 3. The molecule has 3 aromatic heterocycles. The molecule has 0 saturated carbocycles. The Morgan fingerprint density at radius 1 is 1.21 bits per heavy atom. The number of anilines is 1. The lowest BCUT2D eigenvalue weighted by Crippen LogP contribution is -2.42. The highest BCUT2D eigenvalue weighted by Gasteiger charge is 2.25. The molecule has 33 heavy (non-hydrogen) atoms. The van der Waals surface area contributed by atoms with E-state index in [2.05, 4.69) is 27.9 Å². The number of pyridine rings is 1. The van der Waals surface area contributed by atoms with Gasteiger partial charge in [-0.25, -0.2) is 9.78 Å². The highest BCUT2D eigenvalue weighted by atomic mass is 32.1. The van der Waals surface area contributed by atoms with Crippen molar-refractivity contribution in [3.05, 3.63) is 62.3 Å². The van der Waals surface area contributed by atoms with Crippen LogP contribution < -0.4 is 10.6 Å². The first kappa shape index (κ1) is 23.0. The first-order valence-electron chi connectivity index (χ1n) is 11.2. The van der Waals surface area contributed by atoms with Crippen LogP contribution in [0.5, 0.6) is 0 Å². The maximum Gasteiger partial charge on any atom is 0.326 e. The average Bonchev–Trinajstić information content (AvgIpc) is 3.38. The van der Waals surface area contributed by atoms with Crippen molar-refractivity contribution in [3.63, 3.8) is 0 Å². The summed E-state index contributed by atoms with van der Waals surface area (Å²) in [7, 11) is 0. The first-order chi connectivity index (χ1) is 15.9. The van der Waals surface area contributed by atoms with Crippen LogP contribution in [0.25, 0.3) is 0 Å². The zero-order valence-electron chi connectivity index (χ0n) is 18.8. The molecule has 0 fully saturated rings. The minimum absolute atomic E-state index is 0.229. The minimum Gasteiger partial charge on any atom is -0.480 e. The van der Waals surface area contributed by atoms with Crippen molar-refractivity contribution in [1.82, 2.24) is 15.5 Å². The van der Waals surface area contributed by atoms with Gasteiger partial charge in [0, 0.05) is 28.4 Å². The maximum absolute atomic E-state index is 12.5. The quantitative estimate of drug-likeness (QED) is 0.438. The summed E-state index contributed by atoms with van der Waals surface area (Å²) in [6.07, 6.45) is 5.24. The molecule has 4 heterocycles. The number of carbonyl (C=O) groups is 2. The van der Waals surface area contributed by atoms with Crippen LogP contribution in [0.4, 0.5) is 5.82 Å². The van der Waals surface area contributed by atoms with Crippen molar-refractivity contribution in [2.45, 2.75) is 58.4 Å².